The second-order valence-corrected chi connectivity index (χ2v) is 9.14. The van der Waals surface area contributed by atoms with Gasteiger partial charge in [0.2, 0.25) is 0 Å². The zero-order valence-electron chi connectivity index (χ0n) is 19.5. The molecule has 1 amide bonds. The molecule has 1 aromatic carbocycles. The number of aryl methyl sites for hydroxylation is 1. The van der Waals surface area contributed by atoms with Crippen LogP contribution < -0.4 is 5.69 Å². The van der Waals surface area contributed by atoms with E-state index < -0.39 is 6.10 Å². The topological polar surface area (TPSA) is 122 Å². The summed E-state index contributed by atoms with van der Waals surface area (Å²) in [4.78, 5) is 36.9. The van der Waals surface area contributed by atoms with Crippen molar-refractivity contribution >= 4 is 38.9 Å². The van der Waals surface area contributed by atoms with Gasteiger partial charge in [0.1, 0.15) is 11.6 Å². The number of nitrogens with zero attached hydrogens (tertiary/aromatic N) is 6. The molecule has 0 saturated carbocycles. The Balaban J connectivity index is 1.50. The van der Waals surface area contributed by atoms with Crippen LogP contribution in [0.3, 0.4) is 0 Å². The number of hydrogen-bond donors (Lipinski definition) is 2. The molecule has 6 rings (SSSR count). The molecule has 0 spiro atoms. The molecule has 35 heavy (non-hydrogen) atoms. The Hall–Kier alpha value is -4.05. The van der Waals surface area contributed by atoms with Crippen molar-refractivity contribution in [2.75, 3.05) is 13.1 Å². The van der Waals surface area contributed by atoms with Crippen LogP contribution in [0.25, 0.3) is 44.2 Å². The number of hydrogen-bond acceptors (Lipinski definition) is 6. The van der Waals surface area contributed by atoms with Gasteiger partial charge in [0, 0.05) is 37.1 Å². The van der Waals surface area contributed by atoms with Gasteiger partial charge in [0.25, 0.3) is 5.91 Å². The van der Waals surface area contributed by atoms with Crippen LogP contribution in [0, 0.1) is 0 Å². The summed E-state index contributed by atoms with van der Waals surface area (Å²) < 4.78 is 3.43. The number of imidazole rings is 1. The number of benzene rings is 1. The highest BCUT2D eigenvalue weighted by atomic mass is 16.3. The molecule has 2 N–H and O–H groups in total. The summed E-state index contributed by atoms with van der Waals surface area (Å²) in [6.45, 7) is 2.46. The van der Waals surface area contributed by atoms with Crippen molar-refractivity contribution < 1.29 is 9.90 Å². The van der Waals surface area contributed by atoms with Crippen molar-refractivity contribution in [1.29, 1.82) is 0 Å². The molecule has 1 aliphatic heterocycles. The third-order valence-corrected chi connectivity index (χ3v) is 7.02. The lowest BCUT2D eigenvalue weighted by molar-refractivity contribution is -0.140. The summed E-state index contributed by atoms with van der Waals surface area (Å²) in [7, 11) is 1.75. The molecule has 1 saturated heterocycles. The molecule has 0 bridgehead atoms. The third kappa shape index (κ3) is 3.32. The van der Waals surface area contributed by atoms with Gasteiger partial charge < -0.3 is 10.0 Å². The number of aromatic nitrogens is 6. The van der Waals surface area contributed by atoms with E-state index in [-0.39, 0.29) is 17.6 Å². The summed E-state index contributed by atoms with van der Waals surface area (Å²) in [5, 5.41) is 17.8. The molecule has 4 aromatic heterocycles. The van der Waals surface area contributed by atoms with Crippen LogP contribution in [-0.2, 0) is 11.8 Å². The zero-order chi connectivity index (χ0) is 24.3. The minimum atomic E-state index is -1.02. The molecular formula is C25H25N7O3. The fourth-order valence-corrected chi connectivity index (χ4v) is 5.18. The number of aromatic amines is 1. The van der Waals surface area contributed by atoms with Crippen molar-refractivity contribution in [3.05, 3.63) is 53.2 Å². The second kappa shape index (κ2) is 8.02. The first-order valence-corrected chi connectivity index (χ1v) is 11.7. The molecule has 10 nitrogen and oxygen atoms in total. The zero-order valence-corrected chi connectivity index (χ0v) is 19.5. The molecule has 5 aromatic rings. The van der Waals surface area contributed by atoms with Crippen LogP contribution >= 0.6 is 0 Å². The number of amides is 1. The highest BCUT2D eigenvalue weighted by Crippen LogP contribution is 2.32. The van der Waals surface area contributed by atoms with Crippen LogP contribution in [0.15, 0.2) is 47.5 Å². The largest absolute Gasteiger partial charge is 0.384 e. The first kappa shape index (κ1) is 21.5. The van der Waals surface area contributed by atoms with E-state index in [1.165, 1.54) is 6.92 Å². The summed E-state index contributed by atoms with van der Waals surface area (Å²) in [6, 6.07) is 9.72. The number of pyridine rings is 2. The summed E-state index contributed by atoms with van der Waals surface area (Å²) in [6.07, 6.45) is 3.73. The van der Waals surface area contributed by atoms with Crippen LogP contribution in [0.5, 0.6) is 0 Å². The third-order valence-electron chi connectivity index (χ3n) is 7.02. The number of H-pyrrole nitrogens is 1. The SMILES string of the molecule is C[C@H](O)C(=O)N1CCC(n2c(=O)n(C)c3cnc4ccc(-c5cccc6[nH]ncc56)nc4c32)CC1. The standard InChI is InChI=1S/C25H25N7O3/c1-14(33)24(34)31-10-8-15(9-11-31)32-23-21(30(2)25(32)35)13-26-20-7-6-18(28-22(20)23)16-4-3-5-19-17(16)12-27-29-19/h3-7,12-15,33H,8-11H2,1-2H3,(H,27,29)/t14-/m0/s1. The normalized spacial score (nSPS) is 15.9. The van der Waals surface area contributed by atoms with Crippen LogP contribution in [-0.4, -0.2) is 64.4 Å². The van der Waals surface area contributed by atoms with Crippen LogP contribution in [0.1, 0.15) is 25.8 Å². The average molecular weight is 472 g/mol. The van der Waals surface area contributed by atoms with Gasteiger partial charge in [-0.25, -0.2) is 9.78 Å². The van der Waals surface area contributed by atoms with Crippen molar-refractivity contribution in [1.82, 2.24) is 34.2 Å². The summed E-state index contributed by atoms with van der Waals surface area (Å²) in [5.74, 6) is -0.275. The number of piperidine rings is 1. The van der Waals surface area contributed by atoms with E-state index in [4.69, 9.17) is 4.98 Å². The van der Waals surface area contributed by atoms with E-state index in [0.717, 1.165) is 33.2 Å². The van der Waals surface area contributed by atoms with E-state index >= 15 is 0 Å². The van der Waals surface area contributed by atoms with E-state index in [1.807, 2.05) is 34.9 Å². The average Bonchev–Trinajstić information content (AvgIpc) is 3.46. The maximum Gasteiger partial charge on any atom is 0.329 e. The predicted octanol–water partition coefficient (Wildman–Crippen LogP) is 2.37. The first-order valence-electron chi connectivity index (χ1n) is 11.7. The molecule has 10 heteroatoms. The molecule has 1 atom stereocenters. The number of nitrogens with one attached hydrogen (secondary N) is 1. The minimum absolute atomic E-state index is 0.0855. The van der Waals surface area contributed by atoms with Gasteiger partial charge in [-0.3, -0.25) is 24.0 Å². The highest BCUT2D eigenvalue weighted by Gasteiger charge is 2.29. The van der Waals surface area contributed by atoms with Crippen molar-refractivity contribution in [3.63, 3.8) is 0 Å². The van der Waals surface area contributed by atoms with Crippen LogP contribution in [0.2, 0.25) is 0 Å². The van der Waals surface area contributed by atoms with Gasteiger partial charge in [-0.1, -0.05) is 12.1 Å². The Morgan fingerprint density at radius 3 is 2.74 bits per heavy atom. The molecule has 0 unspecified atom stereocenters. The quantitative estimate of drug-likeness (QED) is 0.417. The number of carbonyl (C=O) groups excluding carboxylic acids is 1. The number of aliphatic hydroxyl groups is 1. The van der Waals surface area contributed by atoms with Crippen molar-refractivity contribution in [2.45, 2.75) is 31.9 Å². The second-order valence-electron chi connectivity index (χ2n) is 9.14. The molecule has 5 heterocycles. The maximum absolute atomic E-state index is 13.4. The van der Waals surface area contributed by atoms with E-state index in [0.29, 0.717) is 37.0 Å². The summed E-state index contributed by atoms with van der Waals surface area (Å²) in [5.41, 5.74) is 5.38. The maximum atomic E-state index is 13.4. The number of likely N-dealkylation sites (tertiary alicyclic amines) is 1. The lowest BCUT2D eigenvalue weighted by atomic mass is 10.0. The Morgan fingerprint density at radius 2 is 1.97 bits per heavy atom. The Labute approximate surface area is 199 Å². The number of aliphatic hydroxyl groups excluding tert-OH is 1. The van der Waals surface area contributed by atoms with Gasteiger partial charge >= 0.3 is 5.69 Å². The lowest BCUT2D eigenvalue weighted by Gasteiger charge is -2.33. The monoisotopic (exact) mass is 471 g/mol. The molecule has 1 aliphatic rings. The summed E-state index contributed by atoms with van der Waals surface area (Å²) >= 11 is 0. The van der Waals surface area contributed by atoms with E-state index in [9.17, 15) is 14.7 Å². The number of carbonyl (C=O) groups is 1. The van der Waals surface area contributed by atoms with Crippen molar-refractivity contribution in [2.24, 2.45) is 7.05 Å². The predicted molar refractivity (Wildman–Crippen MR) is 132 cm³/mol. The number of fused-ring (bicyclic) bond motifs is 4. The highest BCUT2D eigenvalue weighted by molar-refractivity contribution is 6.02. The van der Waals surface area contributed by atoms with Gasteiger partial charge in [0.15, 0.2) is 0 Å². The van der Waals surface area contributed by atoms with Gasteiger partial charge in [-0.05, 0) is 38.0 Å². The van der Waals surface area contributed by atoms with Gasteiger partial charge in [-0.15, -0.1) is 0 Å². The van der Waals surface area contributed by atoms with E-state index in [1.54, 1.807) is 28.9 Å². The van der Waals surface area contributed by atoms with Gasteiger partial charge in [-0.2, -0.15) is 5.10 Å². The van der Waals surface area contributed by atoms with Crippen molar-refractivity contribution in [3.8, 4) is 11.3 Å². The molecule has 0 aliphatic carbocycles. The lowest BCUT2D eigenvalue weighted by Crippen LogP contribution is -2.44. The fourth-order valence-electron chi connectivity index (χ4n) is 5.18. The van der Waals surface area contributed by atoms with Crippen LogP contribution in [0.4, 0.5) is 0 Å². The number of rotatable bonds is 3. The molecule has 1 fully saturated rings. The molecular weight excluding hydrogens is 446 g/mol. The fraction of sp³-hybridized carbons (Fsp3) is 0.320. The smallest absolute Gasteiger partial charge is 0.329 e. The molecule has 178 valence electrons. The van der Waals surface area contributed by atoms with Gasteiger partial charge in [0.05, 0.1) is 40.2 Å². The Kier molecular flexibility index (Phi) is 4.92. The first-order chi connectivity index (χ1) is 16.9. The van der Waals surface area contributed by atoms with E-state index in [2.05, 4.69) is 15.2 Å². The molecule has 0 radical (unpaired) electrons. The Morgan fingerprint density at radius 1 is 1.17 bits per heavy atom. The Bertz CT molecular complexity index is 1650. The minimum Gasteiger partial charge on any atom is -0.384 e.